The van der Waals surface area contributed by atoms with Gasteiger partial charge in [0, 0.05) is 52.9 Å². The second kappa shape index (κ2) is 7.35. The number of aromatic nitrogens is 3. The number of rotatable bonds is 3. The van der Waals surface area contributed by atoms with Crippen LogP contribution in [0.2, 0.25) is 0 Å². The van der Waals surface area contributed by atoms with E-state index >= 15 is 0 Å². The lowest BCUT2D eigenvalue weighted by molar-refractivity contribution is 0.109. The van der Waals surface area contributed by atoms with Crippen LogP contribution in [0.15, 0.2) is 55.1 Å². The fourth-order valence-corrected chi connectivity index (χ4v) is 4.86. The molecule has 0 radical (unpaired) electrons. The summed E-state index contributed by atoms with van der Waals surface area (Å²) in [7, 11) is 0. The zero-order valence-corrected chi connectivity index (χ0v) is 16.8. The van der Waals surface area contributed by atoms with E-state index in [4.69, 9.17) is 9.72 Å². The highest BCUT2D eigenvalue weighted by Gasteiger charge is 2.24. The Labute approximate surface area is 175 Å². The van der Waals surface area contributed by atoms with Crippen LogP contribution in [-0.2, 0) is 17.8 Å². The summed E-state index contributed by atoms with van der Waals surface area (Å²) in [5, 5.41) is 4.80. The molecule has 3 aromatic heterocycles. The smallest absolute Gasteiger partial charge is 0.137 e. The fraction of sp³-hybridized carbons (Fsp3) is 0.280. The van der Waals surface area contributed by atoms with Gasteiger partial charge < -0.3 is 15.0 Å². The van der Waals surface area contributed by atoms with Crippen LogP contribution in [-0.4, -0.2) is 28.1 Å². The lowest BCUT2D eigenvalue weighted by atomic mass is 9.88. The molecule has 1 aromatic carbocycles. The molecule has 0 saturated carbocycles. The van der Waals surface area contributed by atoms with Crippen LogP contribution in [0.25, 0.3) is 33.3 Å². The minimum atomic E-state index is 0.426. The first-order valence-electron chi connectivity index (χ1n) is 10.7. The van der Waals surface area contributed by atoms with Crippen LogP contribution in [0.3, 0.4) is 0 Å². The molecule has 2 aliphatic heterocycles. The summed E-state index contributed by atoms with van der Waals surface area (Å²) in [6, 6.07) is 11.4. The predicted octanol–water partition coefficient (Wildman–Crippen LogP) is 4.79. The molecule has 2 aliphatic rings. The van der Waals surface area contributed by atoms with Crippen molar-refractivity contribution in [3.8, 4) is 22.3 Å². The molecule has 1 atom stereocenters. The first kappa shape index (κ1) is 17.8. The predicted molar refractivity (Wildman–Crippen MR) is 118 cm³/mol. The number of hydrogen-bond acceptors (Lipinski definition) is 4. The van der Waals surface area contributed by atoms with Gasteiger partial charge in [0.1, 0.15) is 5.65 Å². The Morgan fingerprint density at radius 3 is 2.93 bits per heavy atom. The molecule has 0 spiro atoms. The number of pyridine rings is 2. The van der Waals surface area contributed by atoms with Crippen molar-refractivity contribution in [1.82, 2.24) is 20.3 Å². The molecule has 1 unspecified atom stereocenters. The standard InChI is InChI=1S/C25H24N4O/c1-3-17(12-26-6-1)22-14-29-25-21(22)11-19(13-28-25)18-9-16-5-8-30-15-23(16)20(10-18)24-4-2-7-27-24/h1,3,6,9-14,24,27H,2,4-5,7-8,15H2,(H,28,29). The molecule has 30 heavy (non-hydrogen) atoms. The highest BCUT2D eigenvalue weighted by Crippen LogP contribution is 2.36. The second-order valence-corrected chi connectivity index (χ2v) is 8.22. The van der Waals surface area contributed by atoms with Crippen molar-refractivity contribution in [1.29, 1.82) is 0 Å². The maximum atomic E-state index is 5.80. The van der Waals surface area contributed by atoms with Crippen LogP contribution < -0.4 is 5.32 Å². The number of nitrogens with one attached hydrogen (secondary N) is 2. The van der Waals surface area contributed by atoms with Gasteiger partial charge in [-0.3, -0.25) is 4.98 Å². The third-order valence-electron chi connectivity index (χ3n) is 6.41. The van der Waals surface area contributed by atoms with Crippen LogP contribution in [0, 0.1) is 0 Å². The molecule has 1 fully saturated rings. The van der Waals surface area contributed by atoms with Crippen LogP contribution in [0.5, 0.6) is 0 Å². The third-order valence-corrected chi connectivity index (χ3v) is 6.41. The molecule has 5 heterocycles. The summed E-state index contributed by atoms with van der Waals surface area (Å²) in [6.07, 6.45) is 11.1. The number of ether oxygens (including phenoxy) is 1. The van der Waals surface area contributed by atoms with Crippen LogP contribution >= 0.6 is 0 Å². The number of nitrogens with zero attached hydrogens (tertiary/aromatic N) is 2. The van der Waals surface area contributed by atoms with Gasteiger partial charge in [-0.05, 0) is 66.3 Å². The Morgan fingerprint density at radius 2 is 2.07 bits per heavy atom. The Bertz CT molecular complexity index is 1210. The molecule has 5 nitrogen and oxygen atoms in total. The summed E-state index contributed by atoms with van der Waals surface area (Å²) >= 11 is 0. The molecule has 1 saturated heterocycles. The first-order chi connectivity index (χ1) is 14.9. The minimum absolute atomic E-state index is 0.426. The van der Waals surface area contributed by atoms with Gasteiger partial charge >= 0.3 is 0 Å². The van der Waals surface area contributed by atoms with E-state index in [1.165, 1.54) is 35.1 Å². The molecule has 0 amide bonds. The van der Waals surface area contributed by atoms with Gasteiger partial charge in [0.05, 0.1) is 13.2 Å². The summed E-state index contributed by atoms with van der Waals surface area (Å²) < 4.78 is 5.80. The fourth-order valence-electron chi connectivity index (χ4n) is 4.86. The number of fused-ring (bicyclic) bond motifs is 2. The molecule has 0 aliphatic carbocycles. The van der Waals surface area contributed by atoms with E-state index in [1.54, 1.807) is 6.20 Å². The van der Waals surface area contributed by atoms with Crippen molar-refractivity contribution in [3.63, 3.8) is 0 Å². The zero-order valence-electron chi connectivity index (χ0n) is 16.8. The summed E-state index contributed by atoms with van der Waals surface area (Å²) in [4.78, 5) is 12.3. The van der Waals surface area contributed by atoms with Crippen LogP contribution in [0.4, 0.5) is 0 Å². The Balaban J connectivity index is 1.49. The molecular weight excluding hydrogens is 372 g/mol. The highest BCUT2D eigenvalue weighted by molar-refractivity contribution is 5.95. The maximum Gasteiger partial charge on any atom is 0.137 e. The van der Waals surface area contributed by atoms with Gasteiger partial charge in [-0.1, -0.05) is 12.1 Å². The minimum Gasteiger partial charge on any atom is -0.376 e. The van der Waals surface area contributed by atoms with Gasteiger partial charge in [-0.15, -0.1) is 0 Å². The topological polar surface area (TPSA) is 62.8 Å². The summed E-state index contributed by atoms with van der Waals surface area (Å²) in [5.41, 5.74) is 9.74. The largest absolute Gasteiger partial charge is 0.376 e. The molecule has 0 bridgehead atoms. The van der Waals surface area contributed by atoms with E-state index in [9.17, 15) is 0 Å². The van der Waals surface area contributed by atoms with Crippen LogP contribution in [0.1, 0.15) is 35.6 Å². The van der Waals surface area contributed by atoms with E-state index in [-0.39, 0.29) is 0 Å². The molecular formula is C25H24N4O. The van der Waals surface area contributed by atoms with E-state index in [0.29, 0.717) is 6.04 Å². The lowest BCUT2D eigenvalue weighted by Crippen LogP contribution is -2.19. The van der Waals surface area contributed by atoms with Crippen molar-refractivity contribution in [2.75, 3.05) is 13.2 Å². The Morgan fingerprint density at radius 1 is 1.07 bits per heavy atom. The number of benzene rings is 1. The third kappa shape index (κ3) is 3.02. The number of hydrogen-bond donors (Lipinski definition) is 2. The number of H-pyrrole nitrogens is 1. The molecule has 150 valence electrons. The average molecular weight is 396 g/mol. The molecule has 5 heteroatoms. The number of aromatic amines is 1. The van der Waals surface area contributed by atoms with Gasteiger partial charge in [-0.2, -0.15) is 0 Å². The maximum absolute atomic E-state index is 5.80. The van der Waals surface area contributed by atoms with Crippen molar-refractivity contribution >= 4 is 11.0 Å². The average Bonchev–Trinajstić information content (AvgIpc) is 3.49. The molecule has 4 aromatic rings. The summed E-state index contributed by atoms with van der Waals surface area (Å²) in [5.74, 6) is 0. The van der Waals surface area contributed by atoms with Gasteiger partial charge in [0.2, 0.25) is 0 Å². The zero-order chi connectivity index (χ0) is 19.9. The van der Waals surface area contributed by atoms with E-state index in [0.717, 1.165) is 53.9 Å². The van der Waals surface area contributed by atoms with E-state index in [1.807, 2.05) is 24.7 Å². The first-order valence-corrected chi connectivity index (χ1v) is 10.7. The van der Waals surface area contributed by atoms with Crippen molar-refractivity contribution in [2.45, 2.75) is 31.9 Å². The highest BCUT2D eigenvalue weighted by atomic mass is 16.5. The second-order valence-electron chi connectivity index (χ2n) is 8.22. The van der Waals surface area contributed by atoms with Gasteiger partial charge in [0.25, 0.3) is 0 Å². The monoisotopic (exact) mass is 396 g/mol. The van der Waals surface area contributed by atoms with Crippen molar-refractivity contribution in [3.05, 3.63) is 71.8 Å². The quantitative estimate of drug-likeness (QED) is 0.523. The van der Waals surface area contributed by atoms with Gasteiger partial charge in [-0.25, -0.2) is 4.98 Å². The Hall–Kier alpha value is -3.02. The lowest BCUT2D eigenvalue weighted by Gasteiger charge is -2.24. The SMILES string of the molecule is c1cncc(-c2c[nH]c3ncc(-c4cc5c(c(C6CCCN6)c4)COCC5)cc23)c1. The van der Waals surface area contributed by atoms with E-state index < -0.39 is 0 Å². The Kier molecular flexibility index (Phi) is 4.36. The van der Waals surface area contributed by atoms with Gasteiger partial charge in [0.15, 0.2) is 0 Å². The van der Waals surface area contributed by atoms with E-state index in [2.05, 4.69) is 39.6 Å². The molecule has 2 N–H and O–H groups in total. The van der Waals surface area contributed by atoms with Crippen molar-refractivity contribution in [2.24, 2.45) is 0 Å². The summed E-state index contributed by atoms with van der Waals surface area (Å²) in [6.45, 7) is 2.62. The normalized spacial score (nSPS) is 18.6. The van der Waals surface area contributed by atoms with Crippen molar-refractivity contribution < 1.29 is 4.74 Å². The molecule has 6 rings (SSSR count).